The van der Waals surface area contributed by atoms with Crippen LogP contribution in [0, 0.1) is 6.92 Å². The van der Waals surface area contributed by atoms with Crippen molar-refractivity contribution in [2.24, 2.45) is 0 Å². The number of anilines is 2. The lowest BCUT2D eigenvalue weighted by atomic mass is 10.1. The fraction of sp³-hybridized carbons (Fsp3) is 0.533. The number of rotatable bonds is 9. The molecule has 0 aliphatic heterocycles. The van der Waals surface area contributed by atoms with Crippen molar-refractivity contribution >= 4 is 29.0 Å². The molecule has 0 radical (unpaired) electrons. The molecule has 0 aliphatic carbocycles. The van der Waals surface area contributed by atoms with Crippen LogP contribution in [0.25, 0.3) is 0 Å². The number of benzene rings is 1. The van der Waals surface area contributed by atoms with E-state index in [4.69, 9.17) is 10.5 Å². The second kappa shape index (κ2) is 9.66. The molecule has 0 saturated carbocycles. The van der Waals surface area contributed by atoms with E-state index in [1.54, 1.807) is 7.11 Å². The molecule has 0 spiro atoms. The molecule has 0 atom stereocenters. The number of carbonyl (C=O) groups is 1. The van der Waals surface area contributed by atoms with Crippen LogP contribution in [-0.2, 0) is 9.53 Å². The van der Waals surface area contributed by atoms with Gasteiger partial charge in [0.2, 0.25) is 5.91 Å². The molecule has 0 bridgehead atoms. The predicted molar refractivity (Wildman–Crippen MR) is 87.3 cm³/mol. The van der Waals surface area contributed by atoms with Crippen LogP contribution in [0.3, 0.4) is 0 Å². The fourth-order valence-corrected chi connectivity index (χ4v) is 2.62. The quantitative estimate of drug-likeness (QED) is 0.543. The van der Waals surface area contributed by atoms with Gasteiger partial charge in [-0.05, 0) is 49.0 Å². The van der Waals surface area contributed by atoms with E-state index in [1.165, 1.54) is 0 Å². The Morgan fingerprint density at radius 2 is 2.10 bits per heavy atom. The van der Waals surface area contributed by atoms with Gasteiger partial charge < -0.3 is 15.8 Å². The van der Waals surface area contributed by atoms with E-state index in [0.29, 0.717) is 12.1 Å². The van der Waals surface area contributed by atoms with Gasteiger partial charge in [-0.15, -0.1) is 0 Å². The Bertz CT molecular complexity index is 424. The first-order chi connectivity index (χ1) is 9.65. The third kappa shape index (κ3) is 6.30. The number of amides is 1. The molecule has 0 unspecified atom stereocenters. The molecule has 3 N–H and O–H groups in total. The number of hydrogen-bond donors (Lipinski definition) is 2. The number of ether oxygens (including phenoxy) is 1. The summed E-state index contributed by atoms with van der Waals surface area (Å²) >= 11 is 1.87. The second-order valence-electron chi connectivity index (χ2n) is 4.63. The van der Waals surface area contributed by atoms with Crippen molar-refractivity contribution in [3.05, 3.63) is 23.8 Å². The van der Waals surface area contributed by atoms with Crippen molar-refractivity contribution in [3.63, 3.8) is 0 Å². The van der Waals surface area contributed by atoms with E-state index in [9.17, 15) is 4.79 Å². The largest absolute Gasteiger partial charge is 0.398 e. The Balaban J connectivity index is 2.19. The zero-order valence-corrected chi connectivity index (χ0v) is 13.1. The van der Waals surface area contributed by atoms with Gasteiger partial charge in [-0.3, -0.25) is 4.79 Å². The maximum atomic E-state index is 11.8. The first kappa shape index (κ1) is 16.9. The van der Waals surface area contributed by atoms with Crippen LogP contribution in [0.4, 0.5) is 11.4 Å². The standard InChI is InChI=1S/C15H24N2O2S/c1-12-13(16)6-3-7-14(12)17-15(18)8-4-10-20-11-5-9-19-2/h3,6-7H,4-5,8-11,16H2,1-2H3,(H,17,18). The van der Waals surface area contributed by atoms with Crippen molar-refractivity contribution in [1.29, 1.82) is 0 Å². The van der Waals surface area contributed by atoms with Crippen LogP contribution in [0.2, 0.25) is 0 Å². The average molecular weight is 296 g/mol. The summed E-state index contributed by atoms with van der Waals surface area (Å²) in [6.45, 7) is 2.72. The molecule has 0 saturated heterocycles. The number of nitrogen functional groups attached to an aromatic ring is 1. The summed E-state index contributed by atoms with van der Waals surface area (Å²) in [5.74, 6) is 2.15. The average Bonchev–Trinajstić information content (AvgIpc) is 2.43. The molecule has 0 aliphatic rings. The fourth-order valence-electron chi connectivity index (χ4n) is 1.74. The van der Waals surface area contributed by atoms with Gasteiger partial charge in [-0.25, -0.2) is 0 Å². The topological polar surface area (TPSA) is 64.3 Å². The zero-order valence-electron chi connectivity index (χ0n) is 12.3. The molecule has 0 fully saturated rings. The van der Waals surface area contributed by atoms with Gasteiger partial charge in [0.05, 0.1) is 0 Å². The molecular weight excluding hydrogens is 272 g/mol. The van der Waals surface area contributed by atoms with Crippen molar-refractivity contribution in [2.45, 2.75) is 26.2 Å². The van der Waals surface area contributed by atoms with Crippen molar-refractivity contribution in [3.8, 4) is 0 Å². The molecule has 1 amide bonds. The van der Waals surface area contributed by atoms with Crippen molar-refractivity contribution < 1.29 is 9.53 Å². The first-order valence-electron chi connectivity index (χ1n) is 6.86. The van der Waals surface area contributed by atoms with Gasteiger partial charge >= 0.3 is 0 Å². The van der Waals surface area contributed by atoms with Gasteiger partial charge in [-0.1, -0.05) is 6.07 Å². The van der Waals surface area contributed by atoms with Gasteiger partial charge in [0.1, 0.15) is 0 Å². The van der Waals surface area contributed by atoms with E-state index < -0.39 is 0 Å². The Kier molecular flexibility index (Phi) is 8.14. The monoisotopic (exact) mass is 296 g/mol. The lowest BCUT2D eigenvalue weighted by molar-refractivity contribution is -0.116. The molecule has 20 heavy (non-hydrogen) atoms. The molecule has 4 nitrogen and oxygen atoms in total. The summed E-state index contributed by atoms with van der Waals surface area (Å²) in [6.07, 6.45) is 2.51. The van der Waals surface area contributed by atoms with E-state index in [1.807, 2.05) is 36.9 Å². The minimum atomic E-state index is 0.0520. The van der Waals surface area contributed by atoms with Gasteiger partial charge in [0.25, 0.3) is 0 Å². The maximum absolute atomic E-state index is 11.8. The summed E-state index contributed by atoms with van der Waals surface area (Å²) in [4.78, 5) is 11.8. The van der Waals surface area contributed by atoms with Crippen LogP contribution in [0.5, 0.6) is 0 Å². The highest BCUT2D eigenvalue weighted by molar-refractivity contribution is 7.99. The first-order valence-corrected chi connectivity index (χ1v) is 8.02. The number of nitrogens with one attached hydrogen (secondary N) is 1. The molecule has 1 rings (SSSR count). The number of carbonyl (C=O) groups excluding carboxylic acids is 1. The molecule has 0 aromatic heterocycles. The minimum Gasteiger partial charge on any atom is -0.398 e. The highest BCUT2D eigenvalue weighted by Crippen LogP contribution is 2.20. The summed E-state index contributed by atoms with van der Waals surface area (Å²) in [5.41, 5.74) is 8.25. The zero-order chi connectivity index (χ0) is 14.8. The van der Waals surface area contributed by atoms with Gasteiger partial charge in [-0.2, -0.15) is 11.8 Å². The highest BCUT2D eigenvalue weighted by Gasteiger charge is 2.06. The van der Waals surface area contributed by atoms with Gasteiger partial charge in [0, 0.05) is 31.5 Å². The van der Waals surface area contributed by atoms with E-state index >= 15 is 0 Å². The van der Waals surface area contributed by atoms with Crippen LogP contribution in [0.15, 0.2) is 18.2 Å². The Morgan fingerprint density at radius 3 is 2.85 bits per heavy atom. The number of hydrogen-bond acceptors (Lipinski definition) is 4. The lowest BCUT2D eigenvalue weighted by Crippen LogP contribution is -2.13. The molecule has 0 heterocycles. The minimum absolute atomic E-state index is 0.0520. The SMILES string of the molecule is COCCCSCCCC(=O)Nc1cccc(N)c1C. The van der Waals surface area contributed by atoms with E-state index in [2.05, 4.69) is 5.32 Å². The number of methoxy groups -OCH3 is 1. The Morgan fingerprint density at radius 1 is 1.35 bits per heavy atom. The summed E-state index contributed by atoms with van der Waals surface area (Å²) in [6, 6.07) is 5.56. The molecular formula is C15H24N2O2S. The summed E-state index contributed by atoms with van der Waals surface area (Å²) in [5, 5.41) is 2.91. The van der Waals surface area contributed by atoms with Crippen molar-refractivity contribution in [1.82, 2.24) is 0 Å². The molecule has 112 valence electrons. The third-order valence-electron chi connectivity index (χ3n) is 2.98. The van der Waals surface area contributed by atoms with Crippen LogP contribution in [0.1, 0.15) is 24.8 Å². The number of thioether (sulfide) groups is 1. The lowest BCUT2D eigenvalue weighted by Gasteiger charge is -2.10. The van der Waals surface area contributed by atoms with E-state index in [0.717, 1.165) is 42.2 Å². The van der Waals surface area contributed by atoms with Gasteiger partial charge in [0.15, 0.2) is 0 Å². The highest BCUT2D eigenvalue weighted by atomic mass is 32.2. The van der Waals surface area contributed by atoms with E-state index in [-0.39, 0.29) is 5.91 Å². The summed E-state index contributed by atoms with van der Waals surface area (Å²) < 4.78 is 4.99. The van der Waals surface area contributed by atoms with Crippen LogP contribution < -0.4 is 11.1 Å². The molecule has 1 aromatic carbocycles. The molecule has 1 aromatic rings. The second-order valence-corrected chi connectivity index (χ2v) is 5.86. The predicted octanol–water partition coefficient (Wildman–Crippen LogP) is 3.07. The number of nitrogens with two attached hydrogens (primary N) is 1. The Labute approximate surface area is 125 Å². The smallest absolute Gasteiger partial charge is 0.224 e. The summed E-state index contributed by atoms with van der Waals surface area (Å²) in [7, 11) is 1.72. The molecule has 5 heteroatoms. The van der Waals surface area contributed by atoms with Crippen molar-refractivity contribution in [2.75, 3.05) is 36.3 Å². The van der Waals surface area contributed by atoms with Crippen LogP contribution in [-0.4, -0.2) is 31.1 Å². The normalized spacial score (nSPS) is 10.5. The third-order valence-corrected chi connectivity index (χ3v) is 4.13. The van der Waals surface area contributed by atoms with Crippen LogP contribution >= 0.6 is 11.8 Å². The Hall–Kier alpha value is -1.20. The maximum Gasteiger partial charge on any atom is 0.224 e.